The minimum Gasteiger partial charge on any atom is -0.385 e. The van der Waals surface area contributed by atoms with Gasteiger partial charge in [-0.05, 0) is 19.8 Å². The molecule has 0 aromatic rings. The second kappa shape index (κ2) is 4.25. The molecule has 2 N–H and O–H groups in total. The van der Waals surface area contributed by atoms with E-state index in [2.05, 4.69) is 11.6 Å². The zero-order chi connectivity index (χ0) is 11.7. The zero-order valence-electron chi connectivity index (χ0n) is 9.43. The second-order valence-corrected chi connectivity index (χ2v) is 4.27. The summed E-state index contributed by atoms with van der Waals surface area (Å²) in [6.45, 7) is 6.12. The van der Waals surface area contributed by atoms with Crippen LogP contribution in [0.2, 0.25) is 0 Å². The molecule has 0 saturated carbocycles. The highest BCUT2D eigenvalue weighted by Crippen LogP contribution is 2.27. The van der Waals surface area contributed by atoms with Crippen molar-refractivity contribution < 1.29 is 9.53 Å². The van der Waals surface area contributed by atoms with Crippen LogP contribution in [-0.4, -0.2) is 41.6 Å². The fourth-order valence-electron chi connectivity index (χ4n) is 2.31. The predicted molar refractivity (Wildman–Crippen MR) is 61.3 cm³/mol. The molecule has 2 aliphatic heterocycles. The number of nitrogens with two attached hydrogens (primary N) is 1. The van der Waals surface area contributed by atoms with Gasteiger partial charge >= 0.3 is 6.03 Å². The van der Waals surface area contributed by atoms with Crippen LogP contribution in [0, 0.1) is 0 Å². The van der Waals surface area contributed by atoms with E-state index in [9.17, 15) is 4.79 Å². The molecule has 2 rings (SSSR count). The number of carbonyl (C=O) groups excluding carboxylic acids is 1. The summed E-state index contributed by atoms with van der Waals surface area (Å²) in [6.07, 6.45) is 3.81. The number of hydrogen-bond acceptors (Lipinski definition) is 3. The van der Waals surface area contributed by atoms with E-state index in [0.717, 1.165) is 12.8 Å². The van der Waals surface area contributed by atoms with E-state index in [-0.39, 0.29) is 24.3 Å². The summed E-state index contributed by atoms with van der Waals surface area (Å²) < 4.78 is 5.75. The third kappa shape index (κ3) is 1.82. The van der Waals surface area contributed by atoms with Crippen LogP contribution < -0.4 is 5.73 Å². The van der Waals surface area contributed by atoms with E-state index in [1.54, 1.807) is 11.0 Å². The first kappa shape index (κ1) is 11.1. The van der Waals surface area contributed by atoms with Gasteiger partial charge in [-0.25, -0.2) is 4.79 Å². The van der Waals surface area contributed by atoms with E-state index in [1.807, 2.05) is 6.92 Å². The van der Waals surface area contributed by atoms with E-state index >= 15 is 0 Å². The lowest BCUT2D eigenvalue weighted by Gasteiger charge is -2.27. The molecule has 0 aliphatic carbocycles. The van der Waals surface area contributed by atoms with E-state index < -0.39 is 0 Å². The molecule has 0 bridgehead atoms. The monoisotopic (exact) mass is 223 g/mol. The molecule has 5 heteroatoms. The molecule has 2 heterocycles. The predicted octanol–water partition coefficient (Wildman–Crippen LogP) is 0.901. The first-order valence-corrected chi connectivity index (χ1v) is 5.54. The van der Waals surface area contributed by atoms with Crippen molar-refractivity contribution >= 4 is 11.9 Å². The molecule has 2 amide bonds. The molecule has 3 unspecified atom stereocenters. The summed E-state index contributed by atoms with van der Waals surface area (Å²) in [6, 6.07) is -0.499. The number of rotatable bonds is 3. The van der Waals surface area contributed by atoms with Gasteiger partial charge in [0, 0.05) is 6.54 Å². The summed E-state index contributed by atoms with van der Waals surface area (Å²) in [5.41, 5.74) is 5.79. The Balaban J connectivity index is 2.14. The summed E-state index contributed by atoms with van der Waals surface area (Å²) in [4.78, 5) is 17.0. The van der Waals surface area contributed by atoms with Crippen molar-refractivity contribution in [2.24, 2.45) is 10.7 Å². The number of amides is 2. The lowest BCUT2D eigenvalue weighted by Crippen LogP contribution is -2.48. The van der Waals surface area contributed by atoms with Crippen molar-refractivity contribution in [1.82, 2.24) is 4.90 Å². The molecule has 2 aliphatic rings. The van der Waals surface area contributed by atoms with Gasteiger partial charge < -0.3 is 15.4 Å². The third-order valence-corrected chi connectivity index (χ3v) is 3.05. The maximum atomic E-state index is 11.6. The van der Waals surface area contributed by atoms with Crippen molar-refractivity contribution in [3.63, 3.8) is 0 Å². The van der Waals surface area contributed by atoms with Crippen LogP contribution in [0.5, 0.6) is 0 Å². The standard InChI is InChI=1S/C11H17N3O2/c1-3-6-14-9(10(12)13-11(14)15)8-5-4-7(2)16-8/h3,7-9H,1,4-6H2,2H3,(H2,12,13,15). The summed E-state index contributed by atoms with van der Waals surface area (Å²) in [5, 5.41) is 0. The van der Waals surface area contributed by atoms with Gasteiger partial charge in [-0.2, -0.15) is 4.99 Å². The van der Waals surface area contributed by atoms with Crippen molar-refractivity contribution in [2.75, 3.05) is 6.54 Å². The molecule has 1 fully saturated rings. The largest absolute Gasteiger partial charge is 0.385 e. The molecule has 0 radical (unpaired) electrons. The summed E-state index contributed by atoms with van der Waals surface area (Å²) in [7, 11) is 0. The molecule has 88 valence electrons. The highest BCUT2D eigenvalue weighted by Gasteiger charge is 2.41. The quantitative estimate of drug-likeness (QED) is 0.723. The topological polar surface area (TPSA) is 67.9 Å². The molecule has 3 atom stereocenters. The Morgan fingerprint density at radius 2 is 2.44 bits per heavy atom. The first-order valence-electron chi connectivity index (χ1n) is 5.54. The number of aliphatic imine (C=N–C) groups is 1. The first-order chi connectivity index (χ1) is 7.63. The van der Waals surface area contributed by atoms with E-state index in [4.69, 9.17) is 10.5 Å². The van der Waals surface area contributed by atoms with Gasteiger partial charge in [0.15, 0.2) is 0 Å². The highest BCUT2D eigenvalue weighted by atomic mass is 16.5. The summed E-state index contributed by atoms with van der Waals surface area (Å²) in [5.74, 6) is 0.367. The number of ether oxygens (including phenoxy) is 1. The maximum absolute atomic E-state index is 11.6. The van der Waals surface area contributed by atoms with Gasteiger partial charge in [0.2, 0.25) is 0 Å². The maximum Gasteiger partial charge on any atom is 0.346 e. The van der Waals surface area contributed by atoms with Crippen LogP contribution >= 0.6 is 0 Å². The Hall–Kier alpha value is -1.36. The number of amidine groups is 1. The van der Waals surface area contributed by atoms with Crippen LogP contribution in [0.25, 0.3) is 0 Å². The SMILES string of the molecule is C=CCN1C(=O)N=C(N)C1C1CCC(C)O1. The van der Waals surface area contributed by atoms with Gasteiger partial charge in [-0.3, -0.25) is 0 Å². The zero-order valence-corrected chi connectivity index (χ0v) is 9.43. The van der Waals surface area contributed by atoms with Crippen molar-refractivity contribution in [3.8, 4) is 0 Å². The number of urea groups is 1. The normalized spacial score (nSPS) is 34.3. The number of nitrogens with zero attached hydrogens (tertiary/aromatic N) is 2. The Kier molecular flexibility index (Phi) is 2.96. The van der Waals surface area contributed by atoms with Gasteiger partial charge in [-0.15, -0.1) is 6.58 Å². The fourth-order valence-corrected chi connectivity index (χ4v) is 2.31. The third-order valence-electron chi connectivity index (χ3n) is 3.05. The van der Waals surface area contributed by atoms with E-state index in [0.29, 0.717) is 12.4 Å². The fraction of sp³-hybridized carbons (Fsp3) is 0.636. The average molecular weight is 223 g/mol. The Bertz CT molecular complexity index is 340. The van der Waals surface area contributed by atoms with Crippen LogP contribution in [0.15, 0.2) is 17.6 Å². The highest BCUT2D eigenvalue weighted by molar-refractivity contribution is 6.03. The minimum atomic E-state index is -0.287. The Labute approximate surface area is 95.0 Å². The van der Waals surface area contributed by atoms with Crippen molar-refractivity contribution in [3.05, 3.63) is 12.7 Å². The number of hydrogen-bond donors (Lipinski definition) is 1. The minimum absolute atomic E-state index is 0.0230. The smallest absolute Gasteiger partial charge is 0.346 e. The lowest BCUT2D eigenvalue weighted by molar-refractivity contribution is 0.0281. The van der Waals surface area contributed by atoms with Crippen LogP contribution in [0.4, 0.5) is 4.79 Å². The molecule has 0 spiro atoms. The van der Waals surface area contributed by atoms with Crippen LogP contribution in [0.1, 0.15) is 19.8 Å². The summed E-state index contributed by atoms with van der Waals surface area (Å²) >= 11 is 0. The van der Waals surface area contributed by atoms with Gasteiger partial charge in [0.25, 0.3) is 0 Å². The van der Waals surface area contributed by atoms with Crippen molar-refractivity contribution in [1.29, 1.82) is 0 Å². The van der Waals surface area contributed by atoms with Crippen LogP contribution in [-0.2, 0) is 4.74 Å². The molecular formula is C11H17N3O2. The van der Waals surface area contributed by atoms with Gasteiger partial charge in [0.1, 0.15) is 11.9 Å². The molecule has 1 saturated heterocycles. The molecular weight excluding hydrogens is 206 g/mol. The van der Waals surface area contributed by atoms with Gasteiger partial charge in [-0.1, -0.05) is 6.08 Å². The van der Waals surface area contributed by atoms with Crippen molar-refractivity contribution in [2.45, 2.75) is 38.0 Å². The lowest BCUT2D eigenvalue weighted by atomic mass is 10.1. The van der Waals surface area contributed by atoms with Gasteiger partial charge in [0.05, 0.1) is 12.2 Å². The molecule has 0 aromatic carbocycles. The molecule has 5 nitrogen and oxygen atoms in total. The average Bonchev–Trinajstić information content (AvgIpc) is 2.73. The number of carbonyl (C=O) groups is 1. The second-order valence-electron chi connectivity index (χ2n) is 4.27. The van der Waals surface area contributed by atoms with Crippen LogP contribution in [0.3, 0.4) is 0 Å². The molecule has 16 heavy (non-hydrogen) atoms. The molecule has 0 aromatic heterocycles. The van der Waals surface area contributed by atoms with E-state index in [1.165, 1.54) is 0 Å². The Morgan fingerprint density at radius 3 is 3.00 bits per heavy atom. The Morgan fingerprint density at radius 1 is 1.69 bits per heavy atom.